The number of nitrogens with zero attached hydrogens (tertiary/aromatic N) is 5. The van der Waals surface area contributed by atoms with Gasteiger partial charge < -0.3 is 10.0 Å². The highest BCUT2D eigenvalue weighted by molar-refractivity contribution is 5.87. The van der Waals surface area contributed by atoms with Gasteiger partial charge in [0.05, 0.1) is 17.5 Å². The van der Waals surface area contributed by atoms with Crippen LogP contribution in [0.15, 0.2) is 12.4 Å². The monoisotopic (exact) mass is 333 g/mol. The highest BCUT2D eigenvalue weighted by Crippen LogP contribution is 2.16. The van der Waals surface area contributed by atoms with Crippen molar-refractivity contribution in [2.75, 3.05) is 6.54 Å². The smallest absolute Gasteiger partial charge is 0.338 e. The molecule has 2 rings (SSSR count). The lowest BCUT2D eigenvalue weighted by atomic mass is 10.2. The van der Waals surface area contributed by atoms with Gasteiger partial charge in [0.2, 0.25) is 5.91 Å². The first-order valence-electron chi connectivity index (χ1n) is 7.93. The number of aromatic carboxylic acids is 1. The molecule has 1 amide bonds. The summed E-state index contributed by atoms with van der Waals surface area (Å²) in [6, 6.07) is 0. The lowest BCUT2D eigenvalue weighted by Gasteiger charge is -2.21. The molecule has 0 aliphatic carbocycles. The second kappa shape index (κ2) is 7.29. The first kappa shape index (κ1) is 17.7. The number of rotatable bonds is 7. The van der Waals surface area contributed by atoms with Gasteiger partial charge in [-0.05, 0) is 27.7 Å². The molecule has 2 aromatic heterocycles. The molecule has 0 aliphatic rings. The van der Waals surface area contributed by atoms with E-state index >= 15 is 0 Å². The second-order valence-corrected chi connectivity index (χ2v) is 5.60. The molecular weight excluding hydrogens is 310 g/mol. The van der Waals surface area contributed by atoms with Gasteiger partial charge in [0.15, 0.2) is 0 Å². The summed E-state index contributed by atoms with van der Waals surface area (Å²) >= 11 is 0. The van der Waals surface area contributed by atoms with Gasteiger partial charge in [-0.3, -0.25) is 14.2 Å². The van der Waals surface area contributed by atoms with E-state index in [-0.39, 0.29) is 18.0 Å². The average molecular weight is 333 g/mol. The molecule has 0 radical (unpaired) electrons. The Bertz CT molecular complexity index is 747. The van der Waals surface area contributed by atoms with Crippen LogP contribution in [0, 0.1) is 13.8 Å². The minimum Gasteiger partial charge on any atom is -0.478 e. The van der Waals surface area contributed by atoms with E-state index < -0.39 is 5.97 Å². The Morgan fingerprint density at radius 1 is 1.29 bits per heavy atom. The van der Waals surface area contributed by atoms with Crippen LogP contribution in [0.2, 0.25) is 0 Å². The molecule has 8 heteroatoms. The molecule has 0 spiro atoms. The Kier molecular flexibility index (Phi) is 5.38. The predicted octanol–water partition coefficient (Wildman–Crippen LogP) is 1.46. The molecule has 0 bridgehead atoms. The molecule has 130 valence electrons. The molecule has 0 atom stereocenters. The minimum absolute atomic E-state index is 0.0150. The van der Waals surface area contributed by atoms with Crippen molar-refractivity contribution >= 4 is 11.9 Å². The van der Waals surface area contributed by atoms with Crippen molar-refractivity contribution in [1.29, 1.82) is 0 Å². The van der Waals surface area contributed by atoms with Crippen LogP contribution in [0.3, 0.4) is 0 Å². The standard InChI is InChI=1S/C16H23N5O3/c1-5-19(9-14-11(3)18-21(6-2)12(14)4)15(22)10-20-8-13(7-17-20)16(23)24/h7-8H,5-6,9-10H2,1-4H3,(H,23,24). The fourth-order valence-corrected chi connectivity index (χ4v) is 2.64. The van der Waals surface area contributed by atoms with E-state index in [0.29, 0.717) is 13.1 Å². The summed E-state index contributed by atoms with van der Waals surface area (Å²) in [4.78, 5) is 25.1. The van der Waals surface area contributed by atoms with Gasteiger partial charge in [-0.25, -0.2) is 4.79 Å². The molecule has 8 nitrogen and oxygen atoms in total. The summed E-state index contributed by atoms with van der Waals surface area (Å²) in [5, 5.41) is 17.3. The molecule has 0 aromatic carbocycles. The van der Waals surface area contributed by atoms with E-state index in [0.717, 1.165) is 23.5 Å². The zero-order valence-electron chi connectivity index (χ0n) is 14.5. The van der Waals surface area contributed by atoms with Crippen molar-refractivity contribution in [2.45, 2.75) is 47.3 Å². The van der Waals surface area contributed by atoms with Gasteiger partial charge in [-0.1, -0.05) is 0 Å². The number of aromatic nitrogens is 4. The van der Waals surface area contributed by atoms with Crippen LogP contribution in [0.1, 0.15) is 41.2 Å². The first-order chi connectivity index (χ1) is 11.4. The number of carbonyl (C=O) groups is 2. The molecule has 0 fully saturated rings. The van der Waals surface area contributed by atoms with Gasteiger partial charge in [-0.2, -0.15) is 10.2 Å². The Morgan fingerprint density at radius 3 is 2.50 bits per heavy atom. The highest BCUT2D eigenvalue weighted by atomic mass is 16.4. The largest absolute Gasteiger partial charge is 0.478 e. The number of carbonyl (C=O) groups excluding carboxylic acids is 1. The molecule has 24 heavy (non-hydrogen) atoms. The Morgan fingerprint density at radius 2 is 2.00 bits per heavy atom. The number of carboxylic acid groups (broad SMARTS) is 1. The van der Waals surface area contributed by atoms with E-state index in [2.05, 4.69) is 10.2 Å². The summed E-state index contributed by atoms with van der Waals surface area (Å²) in [6.07, 6.45) is 2.60. The van der Waals surface area contributed by atoms with Crippen LogP contribution in [-0.4, -0.2) is 48.0 Å². The van der Waals surface area contributed by atoms with Crippen LogP contribution in [0.5, 0.6) is 0 Å². The van der Waals surface area contributed by atoms with Crippen molar-refractivity contribution in [3.05, 3.63) is 34.9 Å². The van der Waals surface area contributed by atoms with Crippen molar-refractivity contribution in [1.82, 2.24) is 24.5 Å². The fraction of sp³-hybridized carbons (Fsp3) is 0.500. The van der Waals surface area contributed by atoms with Gasteiger partial charge in [0, 0.05) is 37.1 Å². The van der Waals surface area contributed by atoms with Crippen molar-refractivity contribution in [2.24, 2.45) is 0 Å². The van der Waals surface area contributed by atoms with Crippen LogP contribution in [0.4, 0.5) is 0 Å². The molecule has 2 aromatic rings. The van der Waals surface area contributed by atoms with Crippen molar-refractivity contribution < 1.29 is 14.7 Å². The number of carboxylic acids is 1. The SMILES string of the molecule is CCN(Cc1c(C)nn(CC)c1C)C(=O)Cn1cc(C(=O)O)cn1. The van der Waals surface area contributed by atoms with Gasteiger partial charge >= 0.3 is 5.97 Å². The maximum Gasteiger partial charge on any atom is 0.338 e. The first-order valence-corrected chi connectivity index (χ1v) is 7.93. The fourth-order valence-electron chi connectivity index (χ4n) is 2.64. The highest BCUT2D eigenvalue weighted by Gasteiger charge is 2.19. The molecule has 0 unspecified atom stereocenters. The topological polar surface area (TPSA) is 93.2 Å². The Balaban J connectivity index is 2.11. The van der Waals surface area contributed by atoms with Gasteiger partial charge in [0.1, 0.15) is 6.54 Å². The lowest BCUT2D eigenvalue weighted by molar-refractivity contribution is -0.132. The maximum absolute atomic E-state index is 12.5. The zero-order chi connectivity index (χ0) is 17.9. The van der Waals surface area contributed by atoms with Crippen LogP contribution < -0.4 is 0 Å². The molecule has 1 N–H and O–H groups in total. The van der Waals surface area contributed by atoms with Crippen molar-refractivity contribution in [3.8, 4) is 0 Å². The Hall–Kier alpha value is -2.64. The molecule has 2 heterocycles. The third-order valence-electron chi connectivity index (χ3n) is 4.09. The number of likely N-dealkylation sites (N-methyl/N-ethyl adjacent to an activating group) is 1. The van der Waals surface area contributed by atoms with E-state index in [1.807, 2.05) is 32.4 Å². The molecule has 0 saturated carbocycles. The maximum atomic E-state index is 12.5. The van der Waals surface area contributed by atoms with Crippen molar-refractivity contribution in [3.63, 3.8) is 0 Å². The summed E-state index contributed by atoms with van der Waals surface area (Å²) in [7, 11) is 0. The zero-order valence-corrected chi connectivity index (χ0v) is 14.5. The number of amides is 1. The second-order valence-electron chi connectivity index (χ2n) is 5.60. The lowest BCUT2D eigenvalue weighted by Crippen LogP contribution is -2.33. The summed E-state index contributed by atoms with van der Waals surface area (Å²) in [5.74, 6) is -1.17. The van der Waals surface area contributed by atoms with Crippen LogP contribution in [0.25, 0.3) is 0 Å². The normalized spacial score (nSPS) is 10.8. The molecular formula is C16H23N5O3. The molecule has 0 saturated heterocycles. The Labute approximate surface area is 140 Å². The third kappa shape index (κ3) is 3.64. The third-order valence-corrected chi connectivity index (χ3v) is 4.09. The number of aryl methyl sites for hydroxylation is 2. The minimum atomic E-state index is -1.06. The van der Waals surface area contributed by atoms with Crippen LogP contribution in [-0.2, 0) is 24.4 Å². The number of hydrogen-bond acceptors (Lipinski definition) is 4. The average Bonchev–Trinajstić information content (AvgIpc) is 3.10. The van der Waals surface area contributed by atoms with E-state index in [1.54, 1.807) is 4.90 Å². The van der Waals surface area contributed by atoms with Crippen LogP contribution >= 0.6 is 0 Å². The summed E-state index contributed by atoms with van der Waals surface area (Å²) < 4.78 is 3.28. The number of hydrogen-bond donors (Lipinski definition) is 1. The summed E-state index contributed by atoms with van der Waals surface area (Å²) in [5.41, 5.74) is 3.11. The summed E-state index contributed by atoms with van der Waals surface area (Å²) in [6.45, 7) is 9.74. The van der Waals surface area contributed by atoms with E-state index in [4.69, 9.17) is 5.11 Å². The quantitative estimate of drug-likeness (QED) is 0.828. The van der Waals surface area contributed by atoms with Gasteiger partial charge in [0.25, 0.3) is 0 Å². The predicted molar refractivity (Wildman–Crippen MR) is 87.7 cm³/mol. The van der Waals surface area contributed by atoms with Gasteiger partial charge in [-0.15, -0.1) is 0 Å². The van der Waals surface area contributed by atoms with E-state index in [1.165, 1.54) is 17.1 Å². The van der Waals surface area contributed by atoms with E-state index in [9.17, 15) is 9.59 Å². The molecule has 0 aliphatic heterocycles.